The Morgan fingerprint density at radius 3 is 1.00 bits per heavy atom. The quantitative estimate of drug-likeness (QED) is 0.0418. The Morgan fingerprint density at radius 2 is 0.672 bits per heavy atom. The Hall–Kier alpha value is -1.14. The third kappa shape index (κ3) is 48.2. The molecule has 0 saturated carbocycles. The van der Waals surface area contributed by atoms with Crippen molar-refractivity contribution < 1.29 is 24.5 Å². The molecule has 1 amide bonds. The molecule has 0 radical (unpaired) electrons. The third-order valence-corrected chi connectivity index (χ3v) is 13.2. The number of nitrogens with one attached hydrogen (secondary N) is 1. The van der Waals surface area contributed by atoms with Gasteiger partial charge in [0.2, 0.25) is 5.91 Å². The summed E-state index contributed by atoms with van der Waals surface area (Å²) in [7, 11) is 0. The fraction of sp³-hybridized carbons (Fsp3) is 0.964. The minimum absolute atomic E-state index is 0.0129. The molecule has 0 saturated heterocycles. The molecule has 0 aromatic carbocycles. The maximum atomic E-state index is 12.4. The first-order valence-corrected chi connectivity index (χ1v) is 27.8. The van der Waals surface area contributed by atoms with Gasteiger partial charge in [0.1, 0.15) is 0 Å². The second-order valence-corrected chi connectivity index (χ2v) is 19.3. The predicted octanol–water partition coefficient (Wildman–Crippen LogP) is 16.7. The fourth-order valence-electron chi connectivity index (χ4n) is 8.88. The number of carbonyl (C=O) groups excluding carboxylic acids is 2. The van der Waals surface area contributed by atoms with E-state index in [0.29, 0.717) is 25.9 Å². The monoisotopic (exact) mass is 864 g/mol. The molecule has 0 aliphatic rings. The van der Waals surface area contributed by atoms with Crippen LogP contribution in [0.15, 0.2) is 0 Å². The molecule has 0 aliphatic carbocycles. The highest BCUT2D eigenvalue weighted by Gasteiger charge is 2.20. The van der Waals surface area contributed by atoms with Crippen molar-refractivity contribution in [2.75, 3.05) is 13.2 Å². The Balaban J connectivity index is 3.34. The van der Waals surface area contributed by atoms with Crippen LogP contribution in [0.25, 0.3) is 0 Å². The van der Waals surface area contributed by atoms with Gasteiger partial charge in [-0.25, -0.2) is 0 Å². The molecule has 0 fully saturated rings. The van der Waals surface area contributed by atoms with Gasteiger partial charge in [0.05, 0.1) is 25.4 Å². The van der Waals surface area contributed by atoms with Crippen LogP contribution >= 0.6 is 0 Å². The van der Waals surface area contributed by atoms with E-state index in [4.69, 9.17) is 4.74 Å². The number of aliphatic hydroxyl groups excluding tert-OH is 2. The van der Waals surface area contributed by atoms with E-state index in [2.05, 4.69) is 19.2 Å². The van der Waals surface area contributed by atoms with Crippen LogP contribution in [0, 0.1) is 0 Å². The van der Waals surface area contributed by atoms with Gasteiger partial charge in [-0.05, 0) is 25.7 Å². The van der Waals surface area contributed by atoms with Crippen molar-refractivity contribution in [1.82, 2.24) is 5.32 Å². The number of rotatable bonds is 52. The van der Waals surface area contributed by atoms with E-state index in [1.165, 1.54) is 244 Å². The topological polar surface area (TPSA) is 95.9 Å². The standard InChI is InChI=1S/C55H109NO5/c1-3-5-7-9-11-13-14-15-16-23-26-29-33-37-41-45-49-55(60)61-50-46-42-38-34-30-27-24-21-19-17-18-20-22-25-28-32-36-40-44-48-54(59)56-52(51-57)53(58)47-43-39-35-31-12-10-8-6-4-2/h52-53,57-58H,3-51H2,1-2H3,(H,56,59). The van der Waals surface area contributed by atoms with E-state index in [1.54, 1.807) is 0 Å². The molecule has 2 atom stereocenters. The van der Waals surface area contributed by atoms with Gasteiger partial charge in [0.15, 0.2) is 0 Å². The normalized spacial score (nSPS) is 12.5. The van der Waals surface area contributed by atoms with Gasteiger partial charge in [-0.3, -0.25) is 9.59 Å². The van der Waals surface area contributed by atoms with Gasteiger partial charge in [-0.15, -0.1) is 0 Å². The largest absolute Gasteiger partial charge is 0.466 e. The molecule has 61 heavy (non-hydrogen) atoms. The molecule has 6 heteroatoms. The number of aliphatic hydroxyl groups is 2. The zero-order chi connectivity index (χ0) is 44.4. The molecule has 2 unspecified atom stereocenters. The van der Waals surface area contributed by atoms with E-state index < -0.39 is 12.1 Å². The summed E-state index contributed by atoms with van der Waals surface area (Å²) < 4.78 is 5.49. The van der Waals surface area contributed by atoms with Crippen molar-refractivity contribution in [1.29, 1.82) is 0 Å². The first-order valence-electron chi connectivity index (χ1n) is 27.8. The van der Waals surface area contributed by atoms with Gasteiger partial charge in [0, 0.05) is 12.8 Å². The second-order valence-electron chi connectivity index (χ2n) is 19.3. The first-order chi connectivity index (χ1) is 30.0. The van der Waals surface area contributed by atoms with Crippen molar-refractivity contribution >= 4 is 11.9 Å². The van der Waals surface area contributed by atoms with Gasteiger partial charge in [-0.1, -0.05) is 277 Å². The summed E-state index contributed by atoms with van der Waals surface area (Å²) in [5, 5.41) is 23.1. The van der Waals surface area contributed by atoms with E-state index >= 15 is 0 Å². The SMILES string of the molecule is CCCCCCCCCCCCCCCCCCC(=O)OCCCCCCCCCCCCCCCCCCCCCC(=O)NC(CO)C(O)CCCCCCCCCCC. The predicted molar refractivity (Wildman–Crippen MR) is 264 cm³/mol. The molecule has 0 rings (SSSR count). The molecule has 364 valence electrons. The number of unbranched alkanes of at least 4 members (excludes halogenated alkanes) is 41. The van der Waals surface area contributed by atoms with E-state index in [9.17, 15) is 19.8 Å². The zero-order valence-corrected chi connectivity index (χ0v) is 41.4. The lowest BCUT2D eigenvalue weighted by atomic mass is 10.0. The van der Waals surface area contributed by atoms with Crippen LogP contribution in [0.3, 0.4) is 0 Å². The third-order valence-electron chi connectivity index (χ3n) is 13.2. The van der Waals surface area contributed by atoms with Crippen LogP contribution < -0.4 is 5.32 Å². The molecule has 0 spiro atoms. The molecule has 6 nitrogen and oxygen atoms in total. The van der Waals surface area contributed by atoms with Crippen LogP contribution in [0.2, 0.25) is 0 Å². The molecule has 0 bridgehead atoms. The Morgan fingerprint density at radius 1 is 0.393 bits per heavy atom. The molecule has 0 heterocycles. The van der Waals surface area contributed by atoms with Gasteiger partial charge < -0.3 is 20.3 Å². The van der Waals surface area contributed by atoms with Gasteiger partial charge in [0.25, 0.3) is 0 Å². The van der Waals surface area contributed by atoms with Crippen molar-refractivity contribution in [2.45, 2.75) is 328 Å². The Bertz CT molecular complexity index is 867. The minimum atomic E-state index is -0.662. The van der Waals surface area contributed by atoms with Crippen LogP contribution in [0.5, 0.6) is 0 Å². The maximum Gasteiger partial charge on any atom is 0.305 e. The number of carbonyl (C=O) groups is 2. The number of ether oxygens (including phenoxy) is 1. The minimum Gasteiger partial charge on any atom is -0.466 e. The van der Waals surface area contributed by atoms with Crippen molar-refractivity contribution in [3.05, 3.63) is 0 Å². The molecule has 0 aromatic rings. The summed E-state index contributed by atoms with van der Waals surface area (Å²) in [6.07, 6.45) is 58.1. The maximum absolute atomic E-state index is 12.4. The number of hydrogen-bond acceptors (Lipinski definition) is 5. The Labute approximate surface area is 381 Å². The Kier molecular flexibility index (Phi) is 50.5. The van der Waals surface area contributed by atoms with Crippen LogP contribution in [-0.2, 0) is 14.3 Å². The number of amides is 1. The number of hydrogen-bond donors (Lipinski definition) is 3. The summed E-state index contributed by atoms with van der Waals surface area (Å²) in [6, 6.07) is -0.540. The smallest absolute Gasteiger partial charge is 0.305 e. The van der Waals surface area contributed by atoms with E-state index in [1.807, 2.05) is 0 Å². The first kappa shape index (κ1) is 59.9. The zero-order valence-electron chi connectivity index (χ0n) is 41.4. The summed E-state index contributed by atoms with van der Waals surface area (Å²) >= 11 is 0. The van der Waals surface area contributed by atoms with Crippen LogP contribution in [0.1, 0.15) is 316 Å². The fourth-order valence-corrected chi connectivity index (χ4v) is 8.88. The highest BCUT2D eigenvalue weighted by Crippen LogP contribution is 2.18. The molecular weight excluding hydrogens is 755 g/mol. The summed E-state index contributed by atoms with van der Waals surface area (Å²) in [4.78, 5) is 24.4. The van der Waals surface area contributed by atoms with Crippen molar-refractivity contribution in [3.63, 3.8) is 0 Å². The van der Waals surface area contributed by atoms with E-state index in [-0.39, 0.29) is 18.5 Å². The summed E-state index contributed by atoms with van der Waals surface area (Å²) in [6.45, 7) is 4.95. The lowest BCUT2D eigenvalue weighted by molar-refractivity contribution is -0.143. The van der Waals surface area contributed by atoms with Crippen molar-refractivity contribution in [2.24, 2.45) is 0 Å². The summed E-state index contributed by atoms with van der Waals surface area (Å²) in [5.41, 5.74) is 0. The highest BCUT2D eigenvalue weighted by atomic mass is 16.5. The lowest BCUT2D eigenvalue weighted by Crippen LogP contribution is -2.45. The average Bonchev–Trinajstić information content (AvgIpc) is 3.26. The number of esters is 1. The molecule has 0 aromatic heterocycles. The van der Waals surface area contributed by atoms with Crippen LogP contribution in [0.4, 0.5) is 0 Å². The van der Waals surface area contributed by atoms with E-state index in [0.717, 1.165) is 38.5 Å². The highest BCUT2D eigenvalue weighted by molar-refractivity contribution is 5.76. The average molecular weight is 864 g/mol. The van der Waals surface area contributed by atoms with Gasteiger partial charge >= 0.3 is 5.97 Å². The second kappa shape index (κ2) is 51.5. The molecule has 3 N–H and O–H groups in total. The molecule has 0 aliphatic heterocycles. The lowest BCUT2D eigenvalue weighted by Gasteiger charge is -2.22. The molecular formula is C55H109NO5. The van der Waals surface area contributed by atoms with Gasteiger partial charge in [-0.2, -0.15) is 0 Å². The summed E-state index contributed by atoms with van der Waals surface area (Å²) in [5.74, 6) is -0.0259. The van der Waals surface area contributed by atoms with Crippen LogP contribution in [-0.4, -0.2) is 47.4 Å². The van der Waals surface area contributed by atoms with Crippen molar-refractivity contribution in [3.8, 4) is 0 Å².